The highest BCUT2D eigenvalue weighted by molar-refractivity contribution is 14.1. The van der Waals surface area contributed by atoms with Crippen LogP contribution in [-0.4, -0.2) is 4.98 Å². The first kappa shape index (κ1) is 9.40. The third-order valence-corrected chi connectivity index (χ3v) is 4.16. The van der Waals surface area contributed by atoms with Gasteiger partial charge in [-0.3, -0.25) is 4.98 Å². The summed E-state index contributed by atoms with van der Waals surface area (Å²) in [5.41, 5.74) is 2.12. The molecule has 0 saturated heterocycles. The lowest BCUT2D eigenvalue weighted by Gasteiger charge is -2.01. The molecular formula is C10H7BrIN. The van der Waals surface area contributed by atoms with Gasteiger partial charge in [0.05, 0.1) is 5.52 Å². The maximum Gasteiger partial charge on any atom is 0.0716 e. The number of aromatic nitrogens is 1. The van der Waals surface area contributed by atoms with Crippen LogP contribution >= 0.6 is 38.5 Å². The molecule has 0 radical (unpaired) electrons. The fourth-order valence-electron chi connectivity index (χ4n) is 1.22. The minimum atomic E-state index is 1.06. The molecule has 1 aromatic heterocycles. The average molecular weight is 348 g/mol. The zero-order valence-electron chi connectivity index (χ0n) is 7.01. The molecule has 0 aliphatic rings. The molecule has 1 heterocycles. The van der Waals surface area contributed by atoms with Gasteiger partial charge in [0, 0.05) is 19.1 Å². The van der Waals surface area contributed by atoms with Gasteiger partial charge in [0.15, 0.2) is 0 Å². The largest absolute Gasteiger partial charge is 0.253 e. The van der Waals surface area contributed by atoms with E-state index in [0.29, 0.717) is 0 Å². The molecule has 0 aliphatic carbocycles. The van der Waals surface area contributed by atoms with E-state index in [1.807, 2.05) is 13.0 Å². The Labute approximate surface area is 98.8 Å². The fraction of sp³-hybridized carbons (Fsp3) is 0.100. The highest BCUT2D eigenvalue weighted by Gasteiger charge is 2.00. The van der Waals surface area contributed by atoms with E-state index in [1.54, 1.807) is 0 Å². The zero-order chi connectivity index (χ0) is 9.42. The van der Waals surface area contributed by atoms with E-state index in [4.69, 9.17) is 0 Å². The molecule has 13 heavy (non-hydrogen) atoms. The molecule has 0 bridgehead atoms. The van der Waals surface area contributed by atoms with Crippen LogP contribution in [0.2, 0.25) is 0 Å². The Morgan fingerprint density at radius 1 is 1.31 bits per heavy atom. The van der Waals surface area contributed by atoms with Crippen LogP contribution in [0.4, 0.5) is 0 Å². The van der Waals surface area contributed by atoms with Crippen molar-refractivity contribution in [2.45, 2.75) is 6.92 Å². The van der Waals surface area contributed by atoms with Gasteiger partial charge in [-0.05, 0) is 63.6 Å². The van der Waals surface area contributed by atoms with E-state index in [1.165, 1.54) is 8.96 Å². The Bertz CT molecular complexity index is 468. The van der Waals surface area contributed by atoms with Crippen LogP contribution in [-0.2, 0) is 0 Å². The molecule has 0 atom stereocenters. The van der Waals surface area contributed by atoms with Crippen LogP contribution in [0.5, 0.6) is 0 Å². The standard InChI is InChI=1S/C10H7BrIN/c1-6-2-3-7-4-8(11)9(12)5-10(7)13-6/h2-5H,1H3. The van der Waals surface area contributed by atoms with E-state index < -0.39 is 0 Å². The third-order valence-electron chi connectivity index (χ3n) is 1.87. The van der Waals surface area contributed by atoms with Crippen LogP contribution < -0.4 is 0 Å². The number of halogens is 2. The van der Waals surface area contributed by atoms with Crippen molar-refractivity contribution < 1.29 is 0 Å². The summed E-state index contributed by atoms with van der Waals surface area (Å²) in [6.45, 7) is 2.01. The van der Waals surface area contributed by atoms with Gasteiger partial charge in [-0.1, -0.05) is 6.07 Å². The number of hydrogen-bond donors (Lipinski definition) is 0. The van der Waals surface area contributed by atoms with E-state index in [-0.39, 0.29) is 0 Å². The Morgan fingerprint density at radius 3 is 2.85 bits per heavy atom. The number of rotatable bonds is 0. The summed E-state index contributed by atoms with van der Waals surface area (Å²) in [5.74, 6) is 0. The van der Waals surface area contributed by atoms with Crippen LogP contribution in [0.3, 0.4) is 0 Å². The predicted octanol–water partition coefficient (Wildman–Crippen LogP) is 3.91. The maximum absolute atomic E-state index is 4.45. The van der Waals surface area contributed by atoms with Crippen molar-refractivity contribution >= 4 is 49.4 Å². The Hall–Kier alpha value is -0.160. The minimum Gasteiger partial charge on any atom is -0.253 e. The highest BCUT2D eigenvalue weighted by atomic mass is 127. The van der Waals surface area contributed by atoms with E-state index in [2.05, 4.69) is 61.7 Å². The number of nitrogens with zero attached hydrogens (tertiary/aromatic N) is 1. The van der Waals surface area contributed by atoms with Gasteiger partial charge >= 0.3 is 0 Å². The van der Waals surface area contributed by atoms with Crippen LogP contribution in [0.15, 0.2) is 28.7 Å². The Balaban J connectivity index is 2.81. The van der Waals surface area contributed by atoms with E-state index in [9.17, 15) is 0 Å². The van der Waals surface area contributed by atoms with Crippen LogP contribution in [0, 0.1) is 10.5 Å². The SMILES string of the molecule is Cc1ccc2cc(Br)c(I)cc2n1. The quantitative estimate of drug-likeness (QED) is 0.658. The summed E-state index contributed by atoms with van der Waals surface area (Å²) >= 11 is 5.80. The van der Waals surface area contributed by atoms with Gasteiger partial charge < -0.3 is 0 Å². The van der Waals surface area contributed by atoms with Crippen molar-refractivity contribution in [1.82, 2.24) is 4.98 Å². The number of benzene rings is 1. The maximum atomic E-state index is 4.45. The van der Waals surface area contributed by atoms with Gasteiger partial charge in [0.2, 0.25) is 0 Å². The predicted molar refractivity (Wildman–Crippen MR) is 66.9 cm³/mol. The minimum absolute atomic E-state index is 1.06. The monoisotopic (exact) mass is 347 g/mol. The van der Waals surface area contributed by atoms with Gasteiger partial charge in [0.25, 0.3) is 0 Å². The zero-order valence-corrected chi connectivity index (χ0v) is 10.8. The second-order valence-electron chi connectivity index (χ2n) is 2.91. The molecule has 1 nitrogen and oxygen atoms in total. The van der Waals surface area contributed by atoms with Gasteiger partial charge in [0.1, 0.15) is 0 Å². The lowest BCUT2D eigenvalue weighted by molar-refractivity contribution is 1.25. The molecule has 0 spiro atoms. The smallest absolute Gasteiger partial charge is 0.0716 e. The van der Waals surface area contributed by atoms with Crippen molar-refractivity contribution in [3.63, 3.8) is 0 Å². The molecule has 0 amide bonds. The van der Waals surface area contributed by atoms with Gasteiger partial charge in [-0.2, -0.15) is 0 Å². The summed E-state index contributed by atoms with van der Waals surface area (Å²) in [6, 6.07) is 8.32. The number of pyridine rings is 1. The first-order valence-corrected chi connectivity index (χ1v) is 5.76. The summed E-state index contributed by atoms with van der Waals surface area (Å²) in [7, 11) is 0. The van der Waals surface area contributed by atoms with Crippen LogP contribution in [0.25, 0.3) is 10.9 Å². The topological polar surface area (TPSA) is 12.9 Å². The molecule has 0 N–H and O–H groups in total. The molecule has 0 saturated carbocycles. The molecule has 2 aromatic rings. The molecular weight excluding hydrogens is 341 g/mol. The molecule has 0 fully saturated rings. The fourth-order valence-corrected chi connectivity index (χ4v) is 2.03. The Morgan fingerprint density at radius 2 is 2.08 bits per heavy atom. The van der Waals surface area contributed by atoms with Crippen molar-refractivity contribution in [3.8, 4) is 0 Å². The summed E-state index contributed by atoms with van der Waals surface area (Å²) in [5, 5.41) is 1.18. The third kappa shape index (κ3) is 1.86. The molecule has 66 valence electrons. The van der Waals surface area contributed by atoms with Gasteiger partial charge in [-0.15, -0.1) is 0 Å². The van der Waals surface area contributed by atoms with E-state index in [0.717, 1.165) is 15.7 Å². The lowest BCUT2D eigenvalue weighted by atomic mass is 10.2. The second-order valence-corrected chi connectivity index (χ2v) is 4.93. The molecule has 2 rings (SSSR count). The van der Waals surface area contributed by atoms with E-state index >= 15 is 0 Å². The Kier molecular flexibility index (Phi) is 2.55. The normalized spacial score (nSPS) is 10.7. The summed E-state index contributed by atoms with van der Waals surface area (Å²) in [4.78, 5) is 4.45. The first-order valence-electron chi connectivity index (χ1n) is 3.89. The number of aryl methyl sites for hydroxylation is 1. The van der Waals surface area contributed by atoms with Gasteiger partial charge in [-0.25, -0.2) is 0 Å². The number of fused-ring (bicyclic) bond motifs is 1. The summed E-state index contributed by atoms with van der Waals surface area (Å²) < 4.78 is 2.33. The summed E-state index contributed by atoms with van der Waals surface area (Å²) in [6.07, 6.45) is 0. The first-order chi connectivity index (χ1) is 6.16. The van der Waals surface area contributed by atoms with Crippen molar-refractivity contribution in [3.05, 3.63) is 38.0 Å². The highest BCUT2D eigenvalue weighted by Crippen LogP contribution is 2.24. The van der Waals surface area contributed by atoms with Crippen LogP contribution in [0.1, 0.15) is 5.69 Å². The number of hydrogen-bond acceptors (Lipinski definition) is 1. The van der Waals surface area contributed by atoms with Crippen molar-refractivity contribution in [1.29, 1.82) is 0 Å². The van der Waals surface area contributed by atoms with Crippen molar-refractivity contribution in [2.75, 3.05) is 0 Å². The second kappa shape index (κ2) is 3.53. The molecule has 0 aliphatic heterocycles. The molecule has 0 unspecified atom stereocenters. The lowest BCUT2D eigenvalue weighted by Crippen LogP contribution is -1.84. The molecule has 1 aromatic carbocycles. The molecule has 3 heteroatoms. The van der Waals surface area contributed by atoms with Crippen molar-refractivity contribution in [2.24, 2.45) is 0 Å². The average Bonchev–Trinajstić information content (AvgIpc) is 2.08.